The summed E-state index contributed by atoms with van der Waals surface area (Å²) in [7, 11) is 0. The topological polar surface area (TPSA) is 59.1 Å². The van der Waals surface area contributed by atoms with Crippen molar-refractivity contribution < 1.29 is 23.5 Å². The quantitative estimate of drug-likeness (QED) is 0.693. The third-order valence-corrected chi connectivity index (χ3v) is 6.06. The van der Waals surface area contributed by atoms with Gasteiger partial charge in [-0.3, -0.25) is 9.59 Å². The molecule has 2 saturated heterocycles. The molecule has 0 N–H and O–H groups in total. The van der Waals surface area contributed by atoms with Crippen molar-refractivity contribution in [3.8, 4) is 5.75 Å². The van der Waals surface area contributed by atoms with Gasteiger partial charge in [0.05, 0.1) is 26.2 Å². The van der Waals surface area contributed by atoms with E-state index in [-0.39, 0.29) is 30.0 Å². The van der Waals surface area contributed by atoms with E-state index in [1.807, 2.05) is 17.0 Å². The van der Waals surface area contributed by atoms with Gasteiger partial charge in [-0.05, 0) is 48.7 Å². The van der Waals surface area contributed by atoms with Crippen LogP contribution in [0.4, 0.5) is 4.39 Å². The van der Waals surface area contributed by atoms with Gasteiger partial charge in [-0.1, -0.05) is 18.2 Å². The predicted octanol–water partition coefficient (Wildman–Crippen LogP) is 3.16. The Morgan fingerprint density at radius 2 is 1.75 bits per heavy atom. The smallest absolute Gasteiger partial charge is 0.254 e. The maximum atomic E-state index is 13.9. The fourth-order valence-corrected chi connectivity index (χ4v) is 4.20. The number of piperidine rings is 1. The van der Waals surface area contributed by atoms with Gasteiger partial charge in [0.2, 0.25) is 5.91 Å². The molecule has 2 fully saturated rings. The molecule has 2 aliphatic rings. The van der Waals surface area contributed by atoms with E-state index in [1.165, 1.54) is 6.07 Å². The SMILES string of the molecule is O=C(Cc1ccccc1F)N1CCCC(COc2ccc(C(=O)N3CCOCC3)cc2)C1. The summed E-state index contributed by atoms with van der Waals surface area (Å²) in [5.41, 5.74) is 1.07. The number of rotatable bonds is 6. The molecule has 6 nitrogen and oxygen atoms in total. The van der Waals surface area contributed by atoms with E-state index in [0.717, 1.165) is 12.8 Å². The lowest BCUT2D eigenvalue weighted by Gasteiger charge is -2.32. The van der Waals surface area contributed by atoms with Gasteiger partial charge in [-0.15, -0.1) is 0 Å². The molecule has 2 aliphatic heterocycles. The highest BCUT2D eigenvalue weighted by atomic mass is 19.1. The summed E-state index contributed by atoms with van der Waals surface area (Å²) in [4.78, 5) is 28.8. The average Bonchev–Trinajstić information content (AvgIpc) is 2.85. The van der Waals surface area contributed by atoms with Crippen LogP contribution < -0.4 is 4.74 Å². The number of hydrogen-bond acceptors (Lipinski definition) is 4. The number of likely N-dealkylation sites (tertiary alicyclic amines) is 1. The van der Waals surface area contributed by atoms with Crippen LogP contribution in [0.25, 0.3) is 0 Å². The molecule has 7 heteroatoms. The number of benzene rings is 2. The van der Waals surface area contributed by atoms with Crippen LogP contribution in [0.3, 0.4) is 0 Å². The second-order valence-corrected chi connectivity index (χ2v) is 8.36. The normalized spacial score (nSPS) is 19.0. The van der Waals surface area contributed by atoms with Crippen LogP contribution in [0.5, 0.6) is 5.75 Å². The molecule has 1 atom stereocenters. The minimum atomic E-state index is -0.340. The molecule has 2 amide bonds. The van der Waals surface area contributed by atoms with Gasteiger partial charge in [0, 0.05) is 37.7 Å². The van der Waals surface area contributed by atoms with Gasteiger partial charge < -0.3 is 19.3 Å². The van der Waals surface area contributed by atoms with Crippen LogP contribution in [-0.2, 0) is 16.0 Å². The first-order chi connectivity index (χ1) is 15.6. The van der Waals surface area contributed by atoms with Crippen LogP contribution in [0, 0.1) is 11.7 Å². The Morgan fingerprint density at radius 3 is 2.50 bits per heavy atom. The summed E-state index contributed by atoms with van der Waals surface area (Å²) in [5.74, 6) is 0.552. The number of halogens is 1. The molecule has 0 saturated carbocycles. The Labute approximate surface area is 187 Å². The number of carbonyl (C=O) groups excluding carboxylic acids is 2. The summed E-state index contributed by atoms with van der Waals surface area (Å²) in [5, 5.41) is 0. The monoisotopic (exact) mass is 440 g/mol. The van der Waals surface area contributed by atoms with Gasteiger partial charge in [-0.25, -0.2) is 4.39 Å². The van der Waals surface area contributed by atoms with Crippen molar-refractivity contribution >= 4 is 11.8 Å². The van der Waals surface area contributed by atoms with Gasteiger partial charge in [0.15, 0.2) is 0 Å². The minimum absolute atomic E-state index is 0.0103. The van der Waals surface area contributed by atoms with Gasteiger partial charge in [0.25, 0.3) is 5.91 Å². The summed E-state index contributed by atoms with van der Waals surface area (Å²) in [6.45, 7) is 4.20. The molecule has 1 unspecified atom stereocenters. The van der Waals surface area contributed by atoms with Crippen molar-refractivity contribution in [1.82, 2.24) is 9.80 Å². The van der Waals surface area contributed by atoms with E-state index in [1.54, 1.807) is 35.2 Å². The summed E-state index contributed by atoms with van der Waals surface area (Å²) >= 11 is 0. The second-order valence-electron chi connectivity index (χ2n) is 8.36. The zero-order valence-electron chi connectivity index (χ0n) is 18.2. The first kappa shape index (κ1) is 22.3. The molecule has 2 heterocycles. The third kappa shape index (κ3) is 5.65. The Hall–Kier alpha value is -2.93. The number of nitrogens with zero attached hydrogens (tertiary/aromatic N) is 2. The molecule has 170 valence electrons. The molecular weight excluding hydrogens is 411 g/mol. The van der Waals surface area contributed by atoms with Crippen LogP contribution in [0.1, 0.15) is 28.8 Å². The molecule has 0 radical (unpaired) electrons. The summed E-state index contributed by atoms with van der Waals surface area (Å²) in [6.07, 6.45) is 1.97. The fraction of sp³-hybridized carbons (Fsp3) is 0.440. The van der Waals surface area contributed by atoms with E-state index in [2.05, 4.69) is 0 Å². The van der Waals surface area contributed by atoms with Crippen molar-refractivity contribution in [3.05, 3.63) is 65.5 Å². The summed E-state index contributed by atoms with van der Waals surface area (Å²) < 4.78 is 25.1. The predicted molar refractivity (Wildman–Crippen MR) is 118 cm³/mol. The lowest BCUT2D eigenvalue weighted by atomic mass is 9.98. The number of carbonyl (C=O) groups is 2. The van der Waals surface area contributed by atoms with E-state index >= 15 is 0 Å². The van der Waals surface area contributed by atoms with Gasteiger partial charge >= 0.3 is 0 Å². The molecule has 4 rings (SSSR count). The van der Waals surface area contributed by atoms with Crippen LogP contribution in [0.15, 0.2) is 48.5 Å². The number of hydrogen-bond donors (Lipinski definition) is 0. The lowest BCUT2D eigenvalue weighted by molar-refractivity contribution is -0.132. The molecule has 0 bridgehead atoms. The average molecular weight is 441 g/mol. The van der Waals surface area contributed by atoms with E-state index in [9.17, 15) is 14.0 Å². The highest BCUT2D eigenvalue weighted by Crippen LogP contribution is 2.21. The maximum Gasteiger partial charge on any atom is 0.254 e. The number of amides is 2. The van der Waals surface area contributed by atoms with E-state index in [4.69, 9.17) is 9.47 Å². The second kappa shape index (κ2) is 10.6. The molecule has 0 spiro atoms. The number of morpholine rings is 1. The maximum absolute atomic E-state index is 13.9. The fourth-order valence-electron chi connectivity index (χ4n) is 4.20. The van der Waals surface area contributed by atoms with Crippen molar-refractivity contribution in [1.29, 1.82) is 0 Å². The Bertz CT molecular complexity index is 928. The van der Waals surface area contributed by atoms with Crippen LogP contribution >= 0.6 is 0 Å². The largest absolute Gasteiger partial charge is 0.493 e. The van der Waals surface area contributed by atoms with Crippen molar-refractivity contribution in [3.63, 3.8) is 0 Å². The molecule has 0 aromatic heterocycles. The molecule has 32 heavy (non-hydrogen) atoms. The summed E-state index contributed by atoms with van der Waals surface area (Å²) in [6, 6.07) is 13.6. The zero-order chi connectivity index (χ0) is 22.3. The molecule has 0 aliphatic carbocycles. The highest BCUT2D eigenvalue weighted by Gasteiger charge is 2.25. The Balaban J connectivity index is 1.26. The Kier molecular flexibility index (Phi) is 7.37. The van der Waals surface area contributed by atoms with Gasteiger partial charge in [0.1, 0.15) is 11.6 Å². The van der Waals surface area contributed by atoms with Gasteiger partial charge in [-0.2, -0.15) is 0 Å². The number of ether oxygens (including phenoxy) is 2. The van der Waals surface area contributed by atoms with E-state index < -0.39 is 0 Å². The minimum Gasteiger partial charge on any atom is -0.493 e. The zero-order valence-corrected chi connectivity index (χ0v) is 18.2. The Morgan fingerprint density at radius 1 is 1.00 bits per heavy atom. The standard InChI is InChI=1S/C25H29FN2O4/c26-23-6-2-1-5-21(23)16-24(29)28-11-3-4-19(17-28)18-32-22-9-7-20(8-10-22)25(30)27-12-14-31-15-13-27/h1-2,5-10,19H,3-4,11-18H2. The third-order valence-electron chi connectivity index (χ3n) is 6.06. The first-order valence-electron chi connectivity index (χ1n) is 11.2. The van der Waals surface area contributed by atoms with Crippen molar-refractivity contribution in [2.45, 2.75) is 19.3 Å². The van der Waals surface area contributed by atoms with Crippen LogP contribution in [-0.4, -0.2) is 67.6 Å². The molecule has 2 aromatic carbocycles. The van der Waals surface area contributed by atoms with E-state index in [0.29, 0.717) is 62.9 Å². The van der Waals surface area contributed by atoms with Crippen molar-refractivity contribution in [2.75, 3.05) is 46.0 Å². The molecular formula is C25H29FN2O4. The van der Waals surface area contributed by atoms with Crippen molar-refractivity contribution in [2.24, 2.45) is 5.92 Å². The van der Waals surface area contributed by atoms with Crippen LogP contribution in [0.2, 0.25) is 0 Å². The lowest BCUT2D eigenvalue weighted by Crippen LogP contribution is -2.42. The first-order valence-corrected chi connectivity index (χ1v) is 11.2. The molecule has 2 aromatic rings. The highest BCUT2D eigenvalue weighted by molar-refractivity contribution is 5.94.